The number of hydrogen-bond acceptors (Lipinski definition) is 8. The molecule has 33 heavy (non-hydrogen) atoms. The van der Waals surface area contributed by atoms with Crippen LogP contribution in [0.2, 0.25) is 18.1 Å². The molecule has 1 aromatic carbocycles. The molecule has 2 atom stereocenters. The minimum Gasteiger partial charge on any atom is -0.407 e. The summed E-state index contributed by atoms with van der Waals surface area (Å²) in [4.78, 5) is 4.61. The third kappa shape index (κ3) is 5.27. The van der Waals surface area contributed by atoms with Crippen molar-refractivity contribution in [3.05, 3.63) is 53.8 Å². The summed E-state index contributed by atoms with van der Waals surface area (Å²) in [6, 6.07) is 11.6. The number of nitrogens with zero attached hydrogens (tertiary/aromatic N) is 3. The Morgan fingerprint density at radius 3 is 2.48 bits per heavy atom. The van der Waals surface area contributed by atoms with Gasteiger partial charge in [0.1, 0.15) is 11.8 Å². The van der Waals surface area contributed by atoms with Crippen LogP contribution in [0.3, 0.4) is 0 Å². The second-order valence-electron chi connectivity index (χ2n) is 10.4. The topological polar surface area (TPSA) is 106 Å². The Bertz CT molecular complexity index is 1050. The Balaban J connectivity index is 1.29. The second kappa shape index (κ2) is 9.13. The van der Waals surface area contributed by atoms with Gasteiger partial charge in [-0.1, -0.05) is 61.4 Å². The fourth-order valence-corrected chi connectivity index (χ4v) is 5.01. The van der Waals surface area contributed by atoms with E-state index in [1.807, 2.05) is 37.3 Å². The number of rotatable bonds is 8. The molecular weight excluding hydrogens is 436 g/mol. The van der Waals surface area contributed by atoms with Gasteiger partial charge in [0.15, 0.2) is 26.1 Å². The Hall–Kier alpha value is -2.33. The van der Waals surface area contributed by atoms with Crippen LogP contribution in [0, 0.1) is 0 Å². The van der Waals surface area contributed by atoms with E-state index in [0.29, 0.717) is 23.2 Å². The van der Waals surface area contributed by atoms with E-state index in [-0.39, 0.29) is 23.1 Å². The monoisotopic (exact) mass is 470 g/mol. The van der Waals surface area contributed by atoms with Gasteiger partial charge >= 0.3 is 0 Å². The molecule has 2 heterocycles. The van der Waals surface area contributed by atoms with E-state index in [0.717, 1.165) is 18.4 Å². The van der Waals surface area contributed by atoms with E-state index in [1.165, 1.54) is 0 Å². The first kappa shape index (κ1) is 23.8. The van der Waals surface area contributed by atoms with Crippen LogP contribution >= 0.6 is 0 Å². The second-order valence-corrected chi connectivity index (χ2v) is 15.2. The van der Waals surface area contributed by atoms with Crippen LogP contribution in [-0.4, -0.2) is 34.8 Å². The maximum atomic E-state index is 10.5. The lowest BCUT2D eigenvalue weighted by Gasteiger charge is -2.37. The zero-order valence-corrected chi connectivity index (χ0v) is 21.2. The van der Waals surface area contributed by atoms with Gasteiger partial charge in [0.2, 0.25) is 5.89 Å². The van der Waals surface area contributed by atoms with Crippen LogP contribution in [0.25, 0.3) is 11.3 Å². The SMILES string of the molecule is CC(O[Si](C)(C)C(C)(C)C)c1noc(C2CC(NC(O)c3cc(-c4ccccc4)on3)C2)n1. The largest absolute Gasteiger partial charge is 0.407 e. The Kier molecular flexibility index (Phi) is 6.59. The molecule has 1 aliphatic carbocycles. The van der Waals surface area contributed by atoms with Gasteiger partial charge in [0, 0.05) is 23.6 Å². The lowest BCUT2D eigenvalue weighted by Crippen LogP contribution is -2.42. The van der Waals surface area contributed by atoms with E-state index in [1.54, 1.807) is 6.07 Å². The first-order valence-corrected chi connectivity index (χ1v) is 14.4. The van der Waals surface area contributed by atoms with Crippen molar-refractivity contribution in [2.75, 3.05) is 0 Å². The minimum absolute atomic E-state index is 0.118. The molecule has 0 aliphatic heterocycles. The molecule has 0 saturated heterocycles. The van der Waals surface area contributed by atoms with Gasteiger partial charge in [-0.25, -0.2) is 0 Å². The first-order valence-electron chi connectivity index (χ1n) is 11.5. The van der Waals surface area contributed by atoms with E-state index < -0.39 is 14.5 Å². The number of nitrogens with one attached hydrogen (secondary N) is 1. The number of aromatic nitrogens is 3. The predicted molar refractivity (Wildman–Crippen MR) is 127 cm³/mol. The van der Waals surface area contributed by atoms with Crippen LogP contribution < -0.4 is 5.32 Å². The van der Waals surface area contributed by atoms with Gasteiger partial charge < -0.3 is 18.6 Å². The Morgan fingerprint density at radius 1 is 1.12 bits per heavy atom. The fraction of sp³-hybridized carbons (Fsp3) is 0.542. The molecular formula is C24H34N4O4Si. The molecule has 2 unspecified atom stereocenters. The Morgan fingerprint density at radius 2 is 1.82 bits per heavy atom. The normalized spacial score (nSPS) is 20.9. The fourth-order valence-electron chi connectivity index (χ4n) is 3.67. The highest BCUT2D eigenvalue weighted by Gasteiger charge is 2.40. The van der Waals surface area contributed by atoms with E-state index in [2.05, 4.69) is 54.5 Å². The highest BCUT2D eigenvalue weighted by Crippen LogP contribution is 2.40. The van der Waals surface area contributed by atoms with Gasteiger partial charge in [-0.15, -0.1) is 0 Å². The molecule has 1 fully saturated rings. The molecule has 1 saturated carbocycles. The summed E-state index contributed by atoms with van der Waals surface area (Å²) in [5.41, 5.74) is 1.39. The zero-order valence-electron chi connectivity index (χ0n) is 20.2. The van der Waals surface area contributed by atoms with Crippen molar-refractivity contribution in [2.24, 2.45) is 0 Å². The number of hydrogen-bond donors (Lipinski definition) is 2. The van der Waals surface area contributed by atoms with E-state index >= 15 is 0 Å². The van der Waals surface area contributed by atoms with Crippen molar-refractivity contribution in [1.82, 2.24) is 20.6 Å². The van der Waals surface area contributed by atoms with Crippen LogP contribution in [0.4, 0.5) is 0 Å². The van der Waals surface area contributed by atoms with Crippen LogP contribution in [0.15, 0.2) is 45.4 Å². The summed E-state index contributed by atoms with van der Waals surface area (Å²) in [7, 11) is -1.92. The molecule has 3 aromatic rings. The molecule has 0 bridgehead atoms. The quantitative estimate of drug-likeness (QED) is 0.336. The molecule has 9 heteroatoms. The highest BCUT2D eigenvalue weighted by molar-refractivity contribution is 6.74. The number of aliphatic hydroxyl groups is 1. The standard InChI is InChI=1S/C24H34N4O4Si/c1-15(32-33(5,6)24(2,3)4)21-26-23(31-28-21)17-12-18(13-17)25-22(29)19-14-20(30-27-19)16-10-8-7-9-11-16/h7-11,14-15,17-18,22,25,29H,12-13H2,1-6H3. The summed E-state index contributed by atoms with van der Waals surface area (Å²) >= 11 is 0. The number of aliphatic hydroxyl groups excluding tert-OH is 1. The molecule has 0 spiro atoms. The first-order chi connectivity index (χ1) is 15.5. The Labute approximate surface area is 195 Å². The lowest BCUT2D eigenvalue weighted by molar-refractivity contribution is 0.0866. The lowest BCUT2D eigenvalue weighted by atomic mass is 9.80. The minimum atomic E-state index is -1.92. The summed E-state index contributed by atoms with van der Waals surface area (Å²) in [5.74, 6) is 2.04. The average Bonchev–Trinajstić information content (AvgIpc) is 3.40. The van der Waals surface area contributed by atoms with Crippen molar-refractivity contribution in [1.29, 1.82) is 0 Å². The van der Waals surface area contributed by atoms with Gasteiger partial charge in [-0.3, -0.25) is 5.32 Å². The molecule has 0 radical (unpaired) electrons. The van der Waals surface area contributed by atoms with Crippen LogP contribution in [0.1, 0.15) is 76.2 Å². The summed E-state index contributed by atoms with van der Waals surface area (Å²) in [6.07, 6.45) is 0.512. The van der Waals surface area contributed by atoms with E-state index in [9.17, 15) is 5.11 Å². The van der Waals surface area contributed by atoms with Gasteiger partial charge in [-0.2, -0.15) is 4.98 Å². The smallest absolute Gasteiger partial charge is 0.229 e. The van der Waals surface area contributed by atoms with Gasteiger partial charge in [-0.05, 0) is 37.9 Å². The van der Waals surface area contributed by atoms with Crippen molar-refractivity contribution in [2.45, 2.75) is 83.0 Å². The van der Waals surface area contributed by atoms with E-state index in [4.69, 9.17) is 13.5 Å². The maximum Gasteiger partial charge on any atom is 0.229 e. The predicted octanol–water partition coefficient (Wildman–Crippen LogP) is 5.33. The molecule has 4 rings (SSSR count). The maximum absolute atomic E-state index is 10.5. The van der Waals surface area contributed by atoms with Crippen molar-refractivity contribution in [3.63, 3.8) is 0 Å². The third-order valence-corrected chi connectivity index (χ3v) is 11.4. The highest BCUT2D eigenvalue weighted by atomic mass is 28.4. The van der Waals surface area contributed by atoms with Crippen LogP contribution in [0.5, 0.6) is 0 Å². The molecule has 2 N–H and O–H groups in total. The molecule has 0 amide bonds. The van der Waals surface area contributed by atoms with Gasteiger partial charge in [0.05, 0.1) is 0 Å². The summed E-state index contributed by atoms with van der Waals surface area (Å²) in [5, 5.41) is 22.0. The molecule has 1 aliphatic rings. The molecule has 178 valence electrons. The van der Waals surface area contributed by atoms with Crippen LogP contribution in [-0.2, 0) is 4.43 Å². The van der Waals surface area contributed by atoms with Crippen molar-refractivity contribution >= 4 is 8.32 Å². The molecule has 8 nitrogen and oxygen atoms in total. The number of benzene rings is 1. The molecule has 2 aromatic heterocycles. The summed E-state index contributed by atoms with van der Waals surface area (Å²) < 4.78 is 17.3. The average molecular weight is 471 g/mol. The third-order valence-electron chi connectivity index (χ3n) is 6.85. The van der Waals surface area contributed by atoms with Crippen molar-refractivity contribution < 1.29 is 18.6 Å². The summed E-state index contributed by atoms with van der Waals surface area (Å²) in [6.45, 7) is 13.1. The van der Waals surface area contributed by atoms with Crippen molar-refractivity contribution in [3.8, 4) is 11.3 Å². The zero-order chi connectivity index (χ0) is 23.8. The van der Waals surface area contributed by atoms with Gasteiger partial charge in [0.25, 0.3) is 0 Å².